The summed E-state index contributed by atoms with van der Waals surface area (Å²) in [5.74, 6) is 3.32. The molecule has 1 aliphatic carbocycles. The Morgan fingerprint density at radius 2 is 1.76 bits per heavy atom. The molecule has 110 valence electrons. The molecule has 4 heteroatoms. The van der Waals surface area contributed by atoms with Crippen LogP contribution in [-0.4, -0.2) is 17.0 Å². The summed E-state index contributed by atoms with van der Waals surface area (Å²) in [5.41, 5.74) is 4.66. The zero-order chi connectivity index (χ0) is 15.0. The van der Waals surface area contributed by atoms with Crippen molar-refractivity contribution < 1.29 is 0 Å². The van der Waals surface area contributed by atoms with Crippen molar-refractivity contribution >= 4 is 17.3 Å². The summed E-state index contributed by atoms with van der Waals surface area (Å²) in [5, 5.41) is 6.65. The summed E-state index contributed by atoms with van der Waals surface area (Å²) < 4.78 is 0. The van der Waals surface area contributed by atoms with Gasteiger partial charge in [-0.15, -0.1) is 0 Å². The van der Waals surface area contributed by atoms with Gasteiger partial charge >= 0.3 is 0 Å². The highest BCUT2D eigenvalue weighted by molar-refractivity contribution is 5.67. The van der Waals surface area contributed by atoms with Gasteiger partial charge in [-0.05, 0) is 45.2 Å². The maximum atomic E-state index is 4.74. The standard InChI is InChI=1S/C17H22N4/c1-10-5-8-14(11(2)9-10)19-16-12(3)15(18-4)20-17(21-16)13-6-7-13/h5,8-9,13H,6-7H2,1-4H3,(H2,18,19,20,21). The van der Waals surface area contributed by atoms with Crippen molar-refractivity contribution in [1.82, 2.24) is 9.97 Å². The highest BCUT2D eigenvalue weighted by Gasteiger charge is 2.28. The Hall–Kier alpha value is -2.10. The van der Waals surface area contributed by atoms with E-state index < -0.39 is 0 Å². The van der Waals surface area contributed by atoms with E-state index in [9.17, 15) is 0 Å². The molecule has 0 spiro atoms. The monoisotopic (exact) mass is 282 g/mol. The summed E-state index contributed by atoms with van der Waals surface area (Å²) in [6.45, 7) is 6.28. The van der Waals surface area contributed by atoms with Gasteiger partial charge in [-0.25, -0.2) is 9.97 Å². The molecule has 2 aromatic rings. The third-order valence-corrected chi connectivity index (χ3v) is 3.98. The van der Waals surface area contributed by atoms with Crippen LogP contribution in [0.1, 0.15) is 41.3 Å². The molecule has 1 aromatic heterocycles. The molecule has 2 N–H and O–H groups in total. The highest BCUT2D eigenvalue weighted by Crippen LogP contribution is 2.40. The number of anilines is 3. The third-order valence-electron chi connectivity index (χ3n) is 3.98. The number of aryl methyl sites for hydroxylation is 2. The van der Waals surface area contributed by atoms with Crippen molar-refractivity contribution in [2.45, 2.75) is 39.5 Å². The van der Waals surface area contributed by atoms with Crippen LogP contribution in [0.15, 0.2) is 18.2 Å². The molecule has 0 radical (unpaired) electrons. The number of aromatic nitrogens is 2. The maximum Gasteiger partial charge on any atom is 0.139 e. The molecule has 0 amide bonds. The fourth-order valence-corrected chi connectivity index (χ4v) is 2.50. The number of hydrogen-bond donors (Lipinski definition) is 2. The van der Waals surface area contributed by atoms with Crippen LogP contribution >= 0.6 is 0 Å². The maximum absolute atomic E-state index is 4.74. The van der Waals surface area contributed by atoms with Gasteiger partial charge < -0.3 is 10.6 Å². The van der Waals surface area contributed by atoms with Gasteiger partial charge in [0.25, 0.3) is 0 Å². The van der Waals surface area contributed by atoms with Crippen LogP contribution in [0.25, 0.3) is 0 Å². The summed E-state index contributed by atoms with van der Waals surface area (Å²) in [6.07, 6.45) is 2.41. The first kappa shape index (κ1) is 13.9. The van der Waals surface area contributed by atoms with Crippen LogP contribution in [0, 0.1) is 20.8 Å². The second kappa shape index (κ2) is 5.35. The Balaban J connectivity index is 1.98. The molecule has 0 bridgehead atoms. The average molecular weight is 282 g/mol. The van der Waals surface area contributed by atoms with Gasteiger partial charge in [-0.3, -0.25) is 0 Å². The van der Waals surface area contributed by atoms with Gasteiger partial charge in [0.05, 0.1) is 0 Å². The van der Waals surface area contributed by atoms with Crippen LogP contribution < -0.4 is 10.6 Å². The average Bonchev–Trinajstić information content (AvgIpc) is 3.28. The first-order valence-electron chi connectivity index (χ1n) is 7.49. The molecule has 0 aliphatic heterocycles. The molecule has 0 atom stereocenters. The number of hydrogen-bond acceptors (Lipinski definition) is 4. The van der Waals surface area contributed by atoms with Crippen LogP contribution in [0.4, 0.5) is 17.3 Å². The predicted molar refractivity (Wildman–Crippen MR) is 87.5 cm³/mol. The molecule has 21 heavy (non-hydrogen) atoms. The van der Waals surface area contributed by atoms with Crippen molar-refractivity contribution in [3.8, 4) is 0 Å². The second-order valence-electron chi connectivity index (χ2n) is 5.87. The predicted octanol–water partition coefficient (Wildman–Crippen LogP) is 4.06. The molecule has 1 heterocycles. The van der Waals surface area contributed by atoms with E-state index in [0.717, 1.165) is 28.7 Å². The summed E-state index contributed by atoms with van der Waals surface area (Å²) in [4.78, 5) is 9.37. The lowest BCUT2D eigenvalue weighted by atomic mass is 10.1. The molecule has 4 nitrogen and oxygen atoms in total. The molecule has 1 saturated carbocycles. The molecule has 1 fully saturated rings. The van der Waals surface area contributed by atoms with Crippen LogP contribution in [-0.2, 0) is 0 Å². The number of nitrogens with zero attached hydrogens (tertiary/aromatic N) is 2. The minimum absolute atomic E-state index is 0.539. The van der Waals surface area contributed by atoms with Gasteiger partial charge in [0.1, 0.15) is 17.5 Å². The molecule has 1 aliphatic rings. The minimum Gasteiger partial charge on any atom is -0.373 e. The second-order valence-corrected chi connectivity index (χ2v) is 5.87. The molecule has 0 unspecified atom stereocenters. The molecular formula is C17H22N4. The zero-order valence-corrected chi connectivity index (χ0v) is 13.1. The van der Waals surface area contributed by atoms with E-state index in [4.69, 9.17) is 4.98 Å². The minimum atomic E-state index is 0.539. The Morgan fingerprint density at radius 3 is 2.38 bits per heavy atom. The van der Waals surface area contributed by atoms with Gasteiger partial charge in [0, 0.05) is 24.2 Å². The first-order chi connectivity index (χ1) is 10.1. The highest BCUT2D eigenvalue weighted by atomic mass is 15.1. The van der Waals surface area contributed by atoms with Crippen LogP contribution in [0.5, 0.6) is 0 Å². The largest absolute Gasteiger partial charge is 0.373 e. The van der Waals surface area contributed by atoms with Gasteiger partial charge in [0.2, 0.25) is 0 Å². The van der Waals surface area contributed by atoms with Crippen LogP contribution in [0.2, 0.25) is 0 Å². The van der Waals surface area contributed by atoms with Crippen LogP contribution in [0.3, 0.4) is 0 Å². The van der Waals surface area contributed by atoms with Crippen molar-refractivity contribution in [2.75, 3.05) is 17.7 Å². The normalized spacial score (nSPS) is 14.1. The lowest BCUT2D eigenvalue weighted by molar-refractivity contribution is 0.923. The third kappa shape index (κ3) is 2.84. The lowest BCUT2D eigenvalue weighted by Crippen LogP contribution is -2.07. The van der Waals surface area contributed by atoms with E-state index in [0.29, 0.717) is 5.92 Å². The smallest absolute Gasteiger partial charge is 0.139 e. The fraction of sp³-hybridized carbons (Fsp3) is 0.412. The number of nitrogens with one attached hydrogen (secondary N) is 2. The quantitative estimate of drug-likeness (QED) is 0.887. The molecule has 1 aromatic carbocycles. The van der Waals surface area contributed by atoms with Crippen molar-refractivity contribution in [3.05, 3.63) is 40.7 Å². The molecular weight excluding hydrogens is 260 g/mol. The van der Waals surface area contributed by atoms with E-state index in [-0.39, 0.29) is 0 Å². The molecule has 0 saturated heterocycles. The van der Waals surface area contributed by atoms with Crippen molar-refractivity contribution in [1.29, 1.82) is 0 Å². The number of benzene rings is 1. The van der Waals surface area contributed by atoms with E-state index >= 15 is 0 Å². The van der Waals surface area contributed by atoms with Gasteiger partial charge in [-0.2, -0.15) is 0 Å². The summed E-state index contributed by atoms with van der Waals surface area (Å²) >= 11 is 0. The Morgan fingerprint density at radius 1 is 1.05 bits per heavy atom. The van der Waals surface area contributed by atoms with Gasteiger partial charge in [-0.1, -0.05) is 17.7 Å². The van der Waals surface area contributed by atoms with Crippen molar-refractivity contribution in [2.24, 2.45) is 0 Å². The Kier molecular flexibility index (Phi) is 3.53. The summed E-state index contributed by atoms with van der Waals surface area (Å²) in [7, 11) is 1.91. The van der Waals surface area contributed by atoms with E-state index in [2.05, 4.69) is 47.7 Å². The zero-order valence-electron chi connectivity index (χ0n) is 13.1. The van der Waals surface area contributed by atoms with E-state index in [1.165, 1.54) is 24.0 Å². The van der Waals surface area contributed by atoms with Gasteiger partial charge in [0.15, 0.2) is 0 Å². The molecule has 3 rings (SSSR count). The van der Waals surface area contributed by atoms with E-state index in [1.807, 2.05) is 14.0 Å². The van der Waals surface area contributed by atoms with Crippen molar-refractivity contribution in [3.63, 3.8) is 0 Å². The summed E-state index contributed by atoms with van der Waals surface area (Å²) in [6, 6.07) is 6.41. The Bertz CT molecular complexity index is 675. The Labute approximate surface area is 126 Å². The fourth-order valence-electron chi connectivity index (χ4n) is 2.50. The topological polar surface area (TPSA) is 49.8 Å². The SMILES string of the molecule is CNc1nc(C2CC2)nc(Nc2ccc(C)cc2C)c1C. The lowest BCUT2D eigenvalue weighted by Gasteiger charge is -2.15. The number of rotatable bonds is 4. The first-order valence-corrected chi connectivity index (χ1v) is 7.49. The van der Waals surface area contributed by atoms with E-state index in [1.54, 1.807) is 0 Å².